The molecule has 9 heteroatoms. The highest BCUT2D eigenvalue weighted by atomic mass is 79.9. The molecule has 0 bridgehead atoms. The van der Waals surface area contributed by atoms with E-state index < -0.39 is 11.8 Å². The van der Waals surface area contributed by atoms with Crippen LogP contribution in [0.4, 0.5) is 5.00 Å². The molecule has 0 aliphatic rings. The Morgan fingerprint density at radius 1 is 1.28 bits per heavy atom. The summed E-state index contributed by atoms with van der Waals surface area (Å²) in [7, 11) is 0. The fraction of sp³-hybridized carbons (Fsp3) is 0.188. The van der Waals surface area contributed by atoms with E-state index in [4.69, 9.17) is 22.7 Å². The first-order valence-corrected chi connectivity index (χ1v) is 9.18. The maximum Gasteiger partial charge on any atom is 0.264 e. The van der Waals surface area contributed by atoms with Crippen molar-refractivity contribution in [3.8, 4) is 5.75 Å². The zero-order valence-electron chi connectivity index (χ0n) is 13.5. The summed E-state index contributed by atoms with van der Waals surface area (Å²) in [5.41, 5.74) is 6.58. The molecule has 4 N–H and O–H groups in total. The number of amides is 2. The molecular weight excluding hydrogens is 426 g/mol. The molecule has 0 saturated heterocycles. The molecule has 6 nitrogen and oxygen atoms in total. The smallest absolute Gasteiger partial charge is 0.264 e. The summed E-state index contributed by atoms with van der Waals surface area (Å²) in [5, 5.41) is 5.94. The Balaban J connectivity index is 1.92. The van der Waals surface area contributed by atoms with Crippen LogP contribution in [0.2, 0.25) is 0 Å². The van der Waals surface area contributed by atoms with Crippen molar-refractivity contribution in [3.05, 3.63) is 44.7 Å². The van der Waals surface area contributed by atoms with Gasteiger partial charge < -0.3 is 15.8 Å². The number of nitrogens with one attached hydrogen (secondary N) is 2. The molecule has 1 aromatic carbocycles. The summed E-state index contributed by atoms with van der Waals surface area (Å²) in [6.45, 7) is 3.50. The van der Waals surface area contributed by atoms with Crippen LogP contribution in [0.1, 0.15) is 20.8 Å². The minimum Gasteiger partial charge on any atom is -0.484 e. The monoisotopic (exact) mass is 441 g/mol. The van der Waals surface area contributed by atoms with Gasteiger partial charge in [-0.25, -0.2) is 0 Å². The van der Waals surface area contributed by atoms with Crippen molar-refractivity contribution in [1.82, 2.24) is 5.32 Å². The van der Waals surface area contributed by atoms with E-state index in [1.807, 2.05) is 26.0 Å². The van der Waals surface area contributed by atoms with Crippen LogP contribution in [0.15, 0.2) is 28.7 Å². The van der Waals surface area contributed by atoms with Gasteiger partial charge in [-0.3, -0.25) is 14.9 Å². The van der Waals surface area contributed by atoms with E-state index in [0.29, 0.717) is 16.3 Å². The standard InChI is InChI=1S/C16H16BrN3O3S2/c1-8-9(2)25-15(13(8)14(18)22)20-16(24)19-12(21)7-23-11-5-3-10(17)4-6-11/h3-6H,7H2,1-2H3,(H2,18,22)(H2,19,20,21,24). The van der Waals surface area contributed by atoms with E-state index in [1.54, 1.807) is 12.1 Å². The summed E-state index contributed by atoms with van der Waals surface area (Å²) in [6.07, 6.45) is 0. The Morgan fingerprint density at radius 3 is 2.52 bits per heavy atom. The Kier molecular flexibility index (Phi) is 6.51. The van der Waals surface area contributed by atoms with E-state index in [-0.39, 0.29) is 11.7 Å². The van der Waals surface area contributed by atoms with Crippen LogP contribution < -0.4 is 21.1 Å². The van der Waals surface area contributed by atoms with Gasteiger partial charge in [0.1, 0.15) is 10.8 Å². The Morgan fingerprint density at radius 2 is 1.92 bits per heavy atom. The number of hydrogen-bond donors (Lipinski definition) is 3. The third-order valence-electron chi connectivity index (χ3n) is 3.30. The van der Waals surface area contributed by atoms with Crippen LogP contribution in [0.3, 0.4) is 0 Å². The predicted octanol–water partition coefficient (Wildman–Crippen LogP) is 3.12. The van der Waals surface area contributed by atoms with Crippen LogP contribution in [-0.4, -0.2) is 23.5 Å². The minimum absolute atomic E-state index is 0.0770. The largest absolute Gasteiger partial charge is 0.484 e. The Bertz CT molecular complexity index is 819. The maximum absolute atomic E-state index is 11.9. The Labute approximate surface area is 162 Å². The summed E-state index contributed by atoms with van der Waals surface area (Å²) >= 11 is 9.78. The maximum atomic E-state index is 11.9. The number of benzene rings is 1. The lowest BCUT2D eigenvalue weighted by molar-refractivity contribution is -0.121. The lowest BCUT2D eigenvalue weighted by Crippen LogP contribution is -2.37. The average Bonchev–Trinajstić information content (AvgIpc) is 2.80. The molecule has 2 rings (SSSR count). The zero-order valence-corrected chi connectivity index (χ0v) is 16.7. The third kappa shape index (κ3) is 5.25. The van der Waals surface area contributed by atoms with Gasteiger partial charge >= 0.3 is 0 Å². The second kappa shape index (κ2) is 8.41. The van der Waals surface area contributed by atoms with Crippen LogP contribution in [-0.2, 0) is 4.79 Å². The lowest BCUT2D eigenvalue weighted by Gasteiger charge is -2.10. The SMILES string of the molecule is Cc1sc(NC(=S)NC(=O)COc2ccc(Br)cc2)c(C(N)=O)c1C. The lowest BCUT2D eigenvalue weighted by atomic mass is 10.1. The van der Waals surface area contributed by atoms with Gasteiger partial charge in [-0.1, -0.05) is 15.9 Å². The van der Waals surface area contributed by atoms with Gasteiger partial charge in [-0.2, -0.15) is 0 Å². The molecule has 132 valence electrons. The molecule has 2 aromatic rings. The fourth-order valence-corrected chi connectivity index (χ4v) is 3.60. The minimum atomic E-state index is -0.544. The molecule has 25 heavy (non-hydrogen) atoms. The highest BCUT2D eigenvalue weighted by molar-refractivity contribution is 9.10. The van der Waals surface area contributed by atoms with Crippen molar-refractivity contribution >= 4 is 61.4 Å². The molecule has 0 saturated carbocycles. The van der Waals surface area contributed by atoms with Gasteiger partial charge in [-0.15, -0.1) is 11.3 Å². The molecule has 1 heterocycles. The number of nitrogens with two attached hydrogens (primary N) is 1. The molecule has 0 spiro atoms. The van der Waals surface area contributed by atoms with Crippen LogP contribution >= 0.6 is 39.5 Å². The van der Waals surface area contributed by atoms with Crippen molar-refractivity contribution in [2.45, 2.75) is 13.8 Å². The van der Waals surface area contributed by atoms with E-state index in [1.165, 1.54) is 11.3 Å². The summed E-state index contributed by atoms with van der Waals surface area (Å²) in [6, 6.07) is 7.10. The first-order chi connectivity index (χ1) is 11.8. The first-order valence-electron chi connectivity index (χ1n) is 7.17. The fourth-order valence-electron chi connectivity index (χ4n) is 1.99. The van der Waals surface area contributed by atoms with Gasteiger partial charge in [0.2, 0.25) is 0 Å². The molecule has 0 aliphatic heterocycles. The molecule has 0 aliphatic carbocycles. The molecule has 0 radical (unpaired) electrons. The summed E-state index contributed by atoms with van der Waals surface area (Å²) in [4.78, 5) is 24.4. The van der Waals surface area contributed by atoms with Gasteiger partial charge in [0.05, 0.1) is 5.56 Å². The highest BCUT2D eigenvalue weighted by Gasteiger charge is 2.18. The number of anilines is 1. The number of ether oxygens (including phenoxy) is 1. The van der Waals surface area contributed by atoms with Gasteiger partial charge in [0, 0.05) is 9.35 Å². The van der Waals surface area contributed by atoms with Crippen molar-refractivity contribution in [2.24, 2.45) is 5.73 Å². The number of thiocarbonyl (C=S) groups is 1. The average molecular weight is 442 g/mol. The van der Waals surface area contributed by atoms with Crippen molar-refractivity contribution in [3.63, 3.8) is 0 Å². The van der Waals surface area contributed by atoms with Crippen molar-refractivity contribution in [2.75, 3.05) is 11.9 Å². The van der Waals surface area contributed by atoms with E-state index in [2.05, 4.69) is 26.6 Å². The number of primary amides is 1. The highest BCUT2D eigenvalue weighted by Crippen LogP contribution is 2.31. The second-order valence-corrected chi connectivity index (χ2v) is 7.65. The zero-order chi connectivity index (χ0) is 18.6. The molecule has 1 aromatic heterocycles. The number of carbonyl (C=O) groups excluding carboxylic acids is 2. The number of halogens is 1. The number of thiophene rings is 1. The third-order valence-corrected chi connectivity index (χ3v) is 5.15. The van der Waals surface area contributed by atoms with E-state index >= 15 is 0 Å². The molecule has 0 unspecified atom stereocenters. The van der Waals surface area contributed by atoms with Crippen LogP contribution in [0.5, 0.6) is 5.75 Å². The molecule has 2 amide bonds. The number of rotatable bonds is 5. The van der Waals surface area contributed by atoms with E-state index in [0.717, 1.165) is 14.9 Å². The Hall–Kier alpha value is -1.97. The van der Waals surface area contributed by atoms with Crippen LogP contribution in [0, 0.1) is 13.8 Å². The second-order valence-electron chi connectivity index (χ2n) is 5.10. The van der Waals surface area contributed by atoms with Crippen molar-refractivity contribution in [1.29, 1.82) is 0 Å². The number of hydrogen-bond acceptors (Lipinski definition) is 5. The van der Waals surface area contributed by atoms with E-state index in [9.17, 15) is 9.59 Å². The topological polar surface area (TPSA) is 93.4 Å². The number of aryl methyl sites for hydroxylation is 1. The quantitative estimate of drug-likeness (QED) is 0.619. The molecule has 0 atom stereocenters. The molecule has 0 fully saturated rings. The summed E-state index contributed by atoms with van der Waals surface area (Å²) < 4.78 is 6.29. The summed E-state index contributed by atoms with van der Waals surface area (Å²) in [5.74, 6) is -0.388. The van der Waals surface area contributed by atoms with Gasteiger partial charge in [0.25, 0.3) is 11.8 Å². The van der Waals surface area contributed by atoms with Gasteiger partial charge in [-0.05, 0) is 55.9 Å². The van der Waals surface area contributed by atoms with Crippen LogP contribution in [0.25, 0.3) is 0 Å². The number of carbonyl (C=O) groups is 2. The first kappa shape index (κ1) is 19.4. The van der Waals surface area contributed by atoms with Gasteiger partial charge in [0.15, 0.2) is 11.7 Å². The predicted molar refractivity (Wildman–Crippen MR) is 106 cm³/mol. The molecular formula is C16H16BrN3O3S2. The van der Waals surface area contributed by atoms with Crippen molar-refractivity contribution < 1.29 is 14.3 Å². The normalized spacial score (nSPS) is 10.2.